The highest BCUT2D eigenvalue weighted by Gasteiger charge is 2.38. The number of benzene rings is 1. The van der Waals surface area contributed by atoms with Crippen LogP contribution in [0, 0.1) is 5.92 Å². The van der Waals surface area contributed by atoms with Crippen molar-refractivity contribution >= 4 is 28.9 Å². The zero-order valence-electron chi connectivity index (χ0n) is 18.6. The van der Waals surface area contributed by atoms with Crippen LogP contribution in [0.2, 0.25) is 0 Å². The topological polar surface area (TPSA) is 119 Å². The van der Waals surface area contributed by atoms with Crippen molar-refractivity contribution in [2.75, 3.05) is 32.7 Å². The van der Waals surface area contributed by atoms with Crippen molar-refractivity contribution in [2.24, 2.45) is 5.92 Å². The van der Waals surface area contributed by atoms with E-state index in [1.54, 1.807) is 0 Å². The lowest BCUT2D eigenvalue weighted by molar-refractivity contribution is -0.192. The normalized spacial score (nSPS) is 18.7. The Labute approximate surface area is 194 Å². The largest absolute Gasteiger partial charge is 0.490 e. The van der Waals surface area contributed by atoms with Gasteiger partial charge in [0, 0.05) is 17.0 Å². The van der Waals surface area contributed by atoms with Gasteiger partial charge in [0.2, 0.25) is 0 Å². The van der Waals surface area contributed by atoms with Crippen LogP contribution < -0.4 is 5.32 Å². The van der Waals surface area contributed by atoms with Gasteiger partial charge in [-0.3, -0.25) is 14.8 Å². The minimum absolute atomic E-state index is 0.142. The Kier molecular flexibility index (Phi) is 8.67. The molecule has 0 spiro atoms. The molecular formula is C23H29F3N4O4. The van der Waals surface area contributed by atoms with Crippen LogP contribution in [0.5, 0.6) is 0 Å². The summed E-state index contributed by atoms with van der Waals surface area (Å²) in [7, 11) is 0. The Morgan fingerprint density at radius 3 is 2.35 bits per heavy atom. The first-order chi connectivity index (χ1) is 16.1. The lowest BCUT2D eigenvalue weighted by Crippen LogP contribution is -2.36. The number of hydrogen-bond acceptors (Lipinski definition) is 5. The van der Waals surface area contributed by atoms with Crippen molar-refractivity contribution in [3.63, 3.8) is 0 Å². The number of nitrogens with zero attached hydrogens (tertiary/aromatic N) is 2. The van der Waals surface area contributed by atoms with Crippen LogP contribution in [0.4, 0.5) is 13.2 Å². The number of piperidine rings is 2. The van der Waals surface area contributed by atoms with Gasteiger partial charge in [0.1, 0.15) is 0 Å². The summed E-state index contributed by atoms with van der Waals surface area (Å²) in [6.07, 6.45) is 3.86. The van der Waals surface area contributed by atoms with Gasteiger partial charge in [-0.1, -0.05) is 24.3 Å². The fourth-order valence-corrected chi connectivity index (χ4v) is 4.32. The van der Waals surface area contributed by atoms with Crippen LogP contribution in [0.3, 0.4) is 0 Å². The molecule has 34 heavy (non-hydrogen) atoms. The van der Waals surface area contributed by atoms with Crippen molar-refractivity contribution in [3.8, 4) is 0 Å². The number of carboxylic acid groups (broad SMARTS) is 2. The molecule has 1 aromatic carbocycles. The molecule has 2 aliphatic rings. The predicted molar refractivity (Wildman–Crippen MR) is 120 cm³/mol. The molecular weight excluding hydrogens is 453 g/mol. The number of halogens is 3. The van der Waals surface area contributed by atoms with Gasteiger partial charge < -0.3 is 15.5 Å². The SMILES string of the molecule is O=C(O)C(F)(F)F.O=C(O)CN1CCC(c2[nH]nc3cc(/C=C/C4CCNCC4)ccc23)CC1. The number of aliphatic carboxylic acids is 2. The standard InChI is InChI=1S/C21H28N4O2.C2HF3O2/c26-20(27)14-25-11-7-17(8-12-25)21-18-4-3-16(13-19(18)23-24-21)2-1-15-5-9-22-10-6-15;3-2(4,5)1(6)7/h1-4,13,15,17,22H,5-12,14H2,(H,23,24)(H,26,27);(H,6,7)/b2-1+;. The van der Waals surface area contributed by atoms with Crippen molar-refractivity contribution in [1.29, 1.82) is 0 Å². The highest BCUT2D eigenvalue weighted by atomic mass is 19.4. The van der Waals surface area contributed by atoms with E-state index >= 15 is 0 Å². The molecule has 0 radical (unpaired) electrons. The molecule has 0 unspecified atom stereocenters. The lowest BCUT2D eigenvalue weighted by Gasteiger charge is -2.30. The number of allylic oxidation sites excluding steroid dienone is 1. The van der Waals surface area contributed by atoms with Gasteiger partial charge in [-0.25, -0.2) is 4.79 Å². The van der Waals surface area contributed by atoms with Crippen molar-refractivity contribution in [2.45, 2.75) is 37.8 Å². The molecule has 0 bridgehead atoms. The molecule has 2 saturated heterocycles. The summed E-state index contributed by atoms with van der Waals surface area (Å²) < 4.78 is 31.7. The molecule has 0 amide bonds. The number of H-pyrrole nitrogens is 1. The first kappa shape index (κ1) is 25.7. The number of aromatic amines is 1. The van der Waals surface area contributed by atoms with Crippen molar-refractivity contribution < 1.29 is 33.0 Å². The molecule has 3 heterocycles. The molecule has 4 rings (SSSR count). The van der Waals surface area contributed by atoms with Crippen LogP contribution in [0.15, 0.2) is 24.3 Å². The summed E-state index contributed by atoms with van der Waals surface area (Å²) in [5.74, 6) is -2.40. The smallest absolute Gasteiger partial charge is 0.480 e. The maximum Gasteiger partial charge on any atom is 0.490 e. The molecule has 8 nitrogen and oxygen atoms in total. The average molecular weight is 483 g/mol. The van der Waals surface area contributed by atoms with Gasteiger partial charge in [-0.2, -0.15) is 18.3 Å². The molecule has 11 heteroatoms. The number of carbonyl (C=O) groups is 2. The fourth-order valence-electron chi connectivity index (χ4n) is 4.32. The number of nitrogens with one attached hydrogen (secondary N) is 2. The Bertz CT molecular complexity index is 1010. The zero-order valence-corrected chi connectivity index (χ0v) is 18.6. The average Bonchev–Trinajstić information content (AvgIpc) is 3.21. The quantitative estimate of drug-likeness (QED) is 0.515. The van der Waals surface area contributed by atoms with Gasteiger partial charge in [0.15, 0.2) is 0 Å². The van der Waals surface area contributed by atoms with E-state index in [1.165, 1.54) is 29.5 Å². The minimum Gasteiger partial charge on any atom is -0.480 e. The van der Waals surface area contributed by atoms with Crippen molar-refractivity contribution in [3.05, 3.63) is 35.5 Å². The van der Waals surface area contributed by atoms with Crippen LogP contribution in [0.25, 0.3) is 17.0 Å². The second kappa shape index (κ2) is 11.5. The maximum absolute atomic E-state index is 10.9. The number of carboxylic acids is 2. The first-order valence-corrected chi connectivity index (χ1v) is 11.2. The fraction of sp³-hybridized carbons (Fsp3) is 0.522. The van der Waals surface area contributed by atoms with E-state index in [-0.39, 0.29) is 6.54 Å². The van der Waals surface area contributed by atoms with Crippen molar-refractivity contribution in [1.82, 2.24) is 20.4 Å². The van der Waals surface area contributed by atoms with E-state index < -0.39 is 18.1 Å². The van der Waals surface area contributed by atoms with E-state index in [4.69, 9.17) is 15.0 Å². The van der Waals surface area contributed by atoms with Crippen LogP contribution in [-0.4, -0.2) is 76.1 Å². The number of hydrogen-bond donors (Lipinski definition) is 4. The van der Waals surface area contributed by atoms with E-state index in [9.17, 15) is 18.0 Å². The van der Waals surface area contributed by atoms with Crippen LogP contribution >= 0.6 is 0 Å². The zero-order chi connectivity index (χ0) is 24.7. The highest BCUT2D eigenvalue weighted by Crippen LogP contribution is 2.32. The third kappa shape index (κ3) is 7.29. The van der Waals surface area contributed by atoms with Crippen LogP contribution in [-0.2, 0) is 9.59 Å². The van der Waals surface area contributed by atoms with E-state index in [2.05, 4.69) is 45.9 Å². The number of rotatable bonds is 5. The monoisotopic (exact) mass is 482 g/mol. The first-order valence-electron chi connectivity index (χ1n) is 11.2. The highest BCUT2D eigenvalue weighted by molar-refractivity contribution is 5.84. The molecule has 2 aliphatic heterocycles. The molecule has 1 aromatic heterocycles. The summed E-state index contributed by atoms with van der Waals surface area (Å²) in [6, 6.07) is 6.52. The Hall–Kier alpha value is -2.92. The van der Waals surface area contributed by atoms with Gasteiger partial charge in [0.25, 0.3) is 0 Å². The molecule has 0 saturated carbocycles. The number of fused-ring (bicyclic) bond motifs is 1. The van der Waals surface area contributed by atoms with E-state index in [1.807, 2.05) is 4.90 Å². The summed E-state index contributed by atoms with van der Waals surface area (Å²) in [6.45, 7) is 4.02. The van der Waals surface area contributed by atoms with Gasteiger partial charge >= 0.3 is 18.1 Å². The summed E-state index contributed by atoms with van der Waals surface area (Å²) in [5, 5.41) is 28.5. The molecule has 0 aliphatic carbocycles. The number of alkyl halides is 3. The number of likely N-dealkylation sites (tertiary alicyclic amines) is 1. The molecule has 2 fully saturated rings. The maximum atomic E-state index is 10.9. The van der Waals surface area contributed by atoms with E-state index in [0.29, 0.717) is 11.8 Å². The van der Waals surface area contributed by atoms with Gasteiger partial charge in [-0.05, 0) is 69.4 Å². The Morgan fingerprint density at radius 1 is 1.12 bits per heavy atom. The summed E-state index contributed by atoms with van der Waals surface area (Å²) in [4.78, 5) is 21.8. The predicted octanol–water partition coefficient (Wildman–Crippen LogP) is 3.47. The van der Waals surface area contributed by atoms with Crippen LogP contribution in [0.1, 0.15) is 42.9 Å². The molecule has 2 aromatic rings. The Morgan fingerprint density at radius 2 is 1.76 bits per heavy atom. The van der Waals surface area contributed by atoms with Gasteiger partial charge in [-0.15, -0.1) is 0 Å². The van der Waals surface area contributed by atoms with Gasteiger partial charge in [0.05, 0.1) is 12.1 Å². The summed E-state index contributed by atoms with van der Waals surface area (Å²) >= 11 is 0. The third-order valence-electron chi connectivity index (χ3n) is 6.15. The molecule has 4 N–H and O–H groups in total. The van der Waals surface area contributed by atoms with E-state index in [0.717, 1.165) is 44.5 Å². The number of aromatic nitrogens is 2. The second-order valence-corrected chi connectivity index (χ2v) is 8.61. The minimum atomic E-state index is -5.08. The summed E-state index contributed by atoms with van der Waals surface area (Å²) in [5.41, 5.74) is 3.43. The molecule has 186 valence electrons. The molecule has 0 atom stereocenters. The Balaban J connectivity index is 0.000000406. The second-order valence-electron chi connectivity index (χ2n) is 8.61. The third-order valence-corrected chi connectivity index (χ3v) is 6.15. The lowest BCUT2D eigenvalue weighted by atomic mass is 9.91.